The highest BCUT2D eigenvalue weighted by molar-refractivity contribution is 7.79. The third-order valence-electron chi connectivity index (χ3n) is 4.20. The van der Waals surface area contributed by atoms with Crippen molar-refractivity contribution in [1.82, 2.24) is 0 Å². The van der Waals surface area contributed by atoms with Gasteiger partial charge in [0.25, 0.3) is 0 Å². The van der Waals surface area contributed by atoms with Crippen molar-refractivity contribution in [2.24, 2.45) is 0 Å². The van der Waals surface area contributed by atoms with E-state index >= 15 is 0 Å². The molecule has 0 aromatic heterocycles. The van der Waals surface area contributed by atoms with Crippen LogP contribution in [0, 0.1) is 0 Å². The van der Waals surface area contributed by atoms with Gasteiger partial charge in [0.05, 0.1) is 0 Å². The predicted molar refractivity (Wildman–Crippen MR) is 97.5 cm³/mol. The average molecular weight is 371 g/mol. The van der Waals surface area contributed by atoms with Crippen molar-refractivity contribution in [3.63, 3.8) is 0 Å². The van der Waals surface area contributed by atoms with E-state index in [1.54, 1.807) is 24.3 Å². The molecule has 0 spiro atoms. The van der Waals surface area contributed by atoms with Crippen molar-refractivity contribution >= 4 is 16.9 Å². The molecule has 136 valence electrons. The molecule has 1 aromatic carbocycles. The zero-order chi connectivity index (χ0) is 18.5. The van der Waals surface area contributed by atoms with Crippen LogP contribution in [-0.2, 0) is 20.6 Å². The Hall–Kier alpha value is -2.44. The molecule has 2 aliphatic rings. The molecular weight excluding hydrogens is 352 g/mol. The molecule has 0 amide bonds. The fraction of sp³-hybridized carbons (Fsp3) is 0.250. The van der Waals surface area contributed by atoms with Gasteiger partial charge in [0.2, 0.25) is 0 Å². The molecule has 2 unspecified atom stereocenters. The minimum Gasteiger partial charge on any atom is -0.772 e. The van der Waals surface area contributed by atoms with E-state index in [-0.39, 0.29) is 11.5 Å². The van der Waals surface area contributed by atoms with Crippen LogP contribution in [0.15, 0.2) is 72.1 Å². The predicted octanol–water partition coefficient (Wildman–Crippen LogP) is 4.21. The van der Waals surface area contributed by atoms with Gasteiger partial charge in [-0.3, -0.25) is 9.00 Å². The second-order valence-corrected chi connectivity index (χ2v) is 7.12. The highest BCUT2D eigenvalue weighted by Crippen LogP contribution is 2.34. The highest BCUT2D eigenvalue weighted by Gasteiger charge is 2.24. The SMILES string of the molecule is CC(=O)c1ccc(C(C2=COC=C(CC3=CC=CCC3)O2)S(=O)[O-])cc1. The Balaban J connectivity index is 1.77. The maximum absolute atomic E-state index is 11.8. The second-order valence-electron chi connectivity index (χ2n) is 6.13. The van der Waals surface area contributed by atoms with Crippen molar-refractivity contribution in [3.8, 4) is 0 Å². The summed E-state index contributed by atoms with van der Waals surface area (Å²) in [6.45, 7) is 1.46. The average Bonchev–Trinajstić information content (AvgIpc) is 2.63. The van der Waals surface area contributed by atoms with Gasteiger partial charge in [-0.1, -0.05) is 48.1 Å². The summed E-state index contributed by atoms with van der Waals surface area (Å²) in [6.07, 6.45) is 11.4. The summed E-state index contributed by atoms with van der Waals surface area (Å²) >= 11 is -2.45. The summed E-state index contributed by atoms with van der Waals surface area (Å²) in [4.78, 5) is 11.4. The van der Waals surface area contributed by atoms with Gasteiger partial charge in [-0.25, -0.2) is 0 Å². The molecule has 0 saturated carbocycles. The number of carbonyl (C=O) groups is 1. The largest absolute Gasteiger partial charge is 0.772 e. The zero-order valence-corrected chi connectivity index (χ0v) is 15.2. The smallest absolute Gasteiger partial charge is 0.159 e. The minimum absolute atomic E-state index is 0.0761. The maximum atomic E-state index is 11.8. The number of Topliss-reactive ketones (excluding diaryl/α,β-unsaturated/α-hetero) is 1. The minimum atomic E-state index is -2.45. The molecular formula is C20H19O5S-. The number of ketones is 1. The Morgan fingerprint density at radius 1 is 1.27 bits per heavy atom. The van der Waals surface area contributed by atoms with E-state index in [0.29, 0.717) is 23.3 Å². The van der Waals surface area contributed by atoms with E-state index in [9.17, 15) is 13.6 Å². The molecule has 3 rings (SSSR count). The lowest BCUT2D eigenvalue weighted by atomic mass is 10.0. The number of rotatable bonds is 6. The fourth-order valence-electron chi connectivity index (χ4n) is 2.86. The standard InChI is InChI=1S/C20H20O5S/c1-14(21)16-7-9-17(10-8-16)20(26(22)23)19-13-24-12-18(25-19)11-15-5-3-2-4-6-15/h2-3,5,7-10,12-13,20H,4,6,11H2,1H3,(H,22,23)/p-1. The molecule has 0 radical (unpaired) electrons. The number of hydrogen-bond donors (Lipinski definition) is 0. The molecule has 1 aliphatic heterocycles. The van der Waals surface area contributed by atoms with Gasteiger partial charge in [-0.15, -0.1) is 0 Å². The van der Waals surface area contributed by atoms with Crippen molar-refractivity contribution in [1.29, 1.82) is 0 Å². The van der Waals surface area contributed by atoms with Gasteiger partial charge in [-0.05, 0) is 36.4 Å². The lowest BCUT2D eigenvalue weighted by Crippen LogP contribution is -2.14. The van der Waals surface area contributed by atoms with Crippen molar-refractivity contribution in [3.05, 3.63) is 83.2 Å². The number of allylic oxidation sites excluding steroid dienone is 4. The molecule has 0 saturated heterocycles. The molecule has 5 nitrogen and oxygen atoms in total. The maximum Gasteiger partial charge on any atom is 0.159 e. The Bertz CT molecular complexity index is 830. The van der Waals surface area contributed by atoms with Gasteiger partial charge < -0.3 is 14.0 Å². The third kappa shape index (κ3) is 4.39. The first-order valence-electron chi connectivity index (χ1n) is 8.30. The molecule has 0 N–H and O–H groups in total. The quantitative estimate of drug-likeness (QED) is 0.553. The molecule has 6 heteroatoms. The van der Waals surface area contributed by atoms with Crippen LogP contribution in [-0.4, -0.2) is 14.5 Å². The molecule has 1 aliphatic carbocycles. The monoisotopic (exact) mass is 371 g/mol. The number of benzene rings is 1. The highest BCUT2D eigenvalue weighted by atomic mass is 32.2. The van der Waals surface area contributed by atoms with E-state index in [4.69, 9.17) is 9.47 Å². The molecule has 1 heterocycles. The molecule has 2 atom stereocenters. The van der Waals surface area contributed by atoms with Gasteiger partial charge in [-0.2, -0.15) is 0 Å². The van der Waals surface area contributed by atoms with Crippen LogP contribution in [0.1, 0.15) is 47.4 Å². The van der Waals surface area contributed by atoms with Crippen LogP contribution in [0.3, 0.4) is 0 Å². The zero-order valence-electron chi connectivity index (χ0n) is 14.3. The summed E-state index contributed by atoms with van der Waals surface area (Å²) in [7, 11) is 0. The number of carbonyl (C=O) groups excluding carboxylic acids is 1. The van der Waals surface area contributed by atoms with Crippen LogP contribution in [0.5, 0.6) is 0 Å². The van der Waals surface area contributed by atoms with E-state index in [2.05, 4.69) is 6.08 Å². The number of ether oxygens (including phenoxy) is 2. The van der Waals surface area contributed by atoms with Crippen molar-refractivity contribution in [2.75, 3.05) is 0 Å². The van der Waals surface area contributed by atoms with E-state index < -0.39 is 16.3 Å². The van der Waals surface area contributed by atoms with Gasteiger partial charge in [0.15, 0.2) is 11.5 Å². The Morgan fingerprint density at radius 2 is 2.04 bits per heavy atom. The Labute approximate surface area is 155 Å². The van der Waals surface area contributed by atoms with Crippen LogP contribution in [0.2, 0.25) is 0 Å². The van der Waals surface area contributed by atoms with Gasteiger partial charge in [0, 0.05) is 12.0 Å². The van der Waals surface area contributed by atoms with Crippen molar-refractivity contribution in [2.45, 2.75) is 31.4 Å². The molecule has 0 bridgehead atoms. The lowest BCUT2D eigenvalue weighted by Gasteiger charge is -2.26. The molecule has 1 aromatic rings. The first-order valence-corrected chi connectivity index (χ1v) is 9.44. The molecule has 0 fully saturated rings. The Kier molecular flexibility index (Phi) is 5.85. The summed E-state index contributed by atoms with van der Waals surface area (Å²) in [5.41, 5.74) is 2.24. The van der Waals surface area contributed by atoms with E-state index in [0.717, 1.165) is 12.8 Å². The summed E-state index contributed by atoms with van der Waals surface area (Å²) in [5.74, 6) is 0.700. The summed E-state index contributed by atoms with van der Waals surface area (Å²) < 4.78 is 34.8. The van der Waals surface area contributed by atoms with E-state index in [1.807, 2.05) is 12.2 Å². The fourth-order valence-corrected chi connectivity index (χ4v) is 3.53. The third-order valence-corrected chi connectivity index (χ3v) is 5.09. The normalized spacial score (nSPS) is 18.6. The summed E-state index contributed by atoms with van der Waals surface area (Å²) in [5, 5.41) is -1.00. The van der Waals surface area contributed by atoms with Crippen LogP contribution < -0.4 is 0 Å². The van der Waals surface area contributed by atoms with Gasteiger partial charge >= 0.3 is 0 Å². The van der Waals surface area contributed by atoms with Gasteiger partial charge in [0.1, 0.15) is 23.5 Å². The number of hydrogen-bond acceptors (Lipinski definition) is 5. The summed E-state index contributed by atoms with van der Waals surface area (Å²) in [6, 6.07) is 6.46. The topological polar surface area (TPSA) is 75.7 Å². The first kappa shape index (κ1) is 18.4. The van der Waals surface area contributed by atoms with Crippen LogP contribution in [0.4, 0.5) is 0 Å². The lowest BCUT2D eigenvalue weighted by molar-refractivity contribution is 0.101. The molecule has 26 heavy (non-hydrogen) atoms. The van der Waals surface area contributed by atoms with Crippen LogP contribution >= 0.6 is 0 Å². The first-order chi connectivity index (χ1) is 12.5. The Morgan fingerprint density at radius 3 is 2.65 bits per heavy atom. The van der Waals surface area contributed by atoms with Crippen LogP contribution in [0.25, 0.3) is 0 Å². The van der Waals surface area contributed by atoms with Crippen molar-refractivity contribution < 1.29 is 23.0 Å². The van der Waals surface area contributed by atoms with E-state index in [1.165, 1.54) is 25.0 Å². The second kappa shape index (κ2) is 8.29.